The van der Waals surface area contributed by atoms with Gasteiger partial charge in [-0.15, -0.1) is 0 Å². The van der Waals surface area contributed by atoms with Gasteiger partial charge in [-0.2, -0.15) is 13.2 Å². The molecule has 5 rings (SSSR count). The number of benzene rings is 3. The highest BCUT2D eigenvalue weighted by Gasteiger charge is 2.45. The molecule has 41 heavy (non-hydrogen) atoms. The van der Waals surface area contributed by atoms with Crippen molar-refractivity contribution in [2.24, 2.45) is 0 Å². The van der Waals surface area contributed by atoms with Gasteiger partial charge in [-0.25, -0.2) is 9.78 Å². The molecule has 3 N–H and O–H groups in total. The molecule has 0 saturated carbocycles. The number of ether oxygens (including phenoxy) is 1. The van der Waals surface area contributed by atoms with Gasteiger partial charge in [0.2, 0.25) is 0 Å². The van der Waals surface area contributed by atoms with Crippen LogP contribution in [0.15, 0.2) is 79.0 Å². The van der Waals surface area contributed by atoms with E-state index in [1.807, 2.05) is 24.3 Å². The van der Waals surface area contributed by atoms with E-state index in [1.54, 1.807) is 24.3 Å². The number of urea groups is 1. The third kappa shape index (κ3) is 6.22. The van der Waals surface area contributed by atoms with Crippen LogP contribution in [0.25, 0.3) is 11.3 Å². The fourth-order valence-electron chi connectivity index (χ4n) is 4.71. The Bertz CT molecular complexity index is 1540. The van der Waals surface area contributed by atoms with Crippen molar-refractivity contribution < 1.29 is 32.6 Å². The first kappa shape index (κ1) is 28.6. The molecule has 8 nitrogen and oxygen atoms in total. The summed E-state index contributed by atoms with van der Waals surface area (Å²) in [6.07, 6.45) is -3.41. The van der Waals surface area contributed by atoms with E-state index in [4.69, 9.17) is 9.84 Å². The standard InChI is InChI=1S/C29H24F3IN4O4/c30-29(31,32)22-4-2-1-3-19(22)15-24(26-34-16-23(35-26)17-5-9-20(33)10-6-17)37-27(39)25(36-28(37)40)18-7-11-21(12-8-18)41-14-13-38/h1-12,16,24-25,38H,13-15H2,(H,34,35)(H,36,40)/t24-,25?/m0/s1. The quantitative estimate of drug-likeness (QED) is 0.157. The maximum Gasteiger partial charge on any atom is 0.416 e. The van der Waals surface area contributed by atoms with Crippen molar-refractivity contribution in [3.05, 3.63) is 105 Å². The lowest BCUT2D eigenvalue weighted by Gasteiger charge is -2.25. The van der Waals surface area contributed by atoms with Crippen molar-refractivity contribution in [3.8, 4) is 17.0 Å². The first-order chi connectivity index (χ1) is 19.7. The lowest BCUT2D eigenvalue weighted by atomic mass is 9.98. The number of aromatic amines is 1. The average Bonchev–Trinajstić information content (AvgIpc) is 3.56. The molecule has 212 valence electrons. The molecule has 3 aromatic carbocycles. The van der Waals surface area contributed by atoms with Gasteiger partial charge in [0.1, 0.15) is 30.3 Å². The highest BCUT2D eigenvalue weighted by atomic mass is 127. The second kappa shape index (κ2) is 11.9. The fraction of sp³-hybridized carbons (Fsp3) is 0.207. The summed E-state index contributed by atoms with van der Waals surface area (Å²) in [5.74, 6) is 0.0185. The number of imide groups is 1. The highest BCUT2D eigenvalue weighted by molar-refractivity contribution is 14.1. The Labute approximate surface area is 246 Å². The third-order valence-corrected chi connectivity index (χ3v) is 7.38. The fourth-order valence-corrected chi connectivity index (χ4v) is 5.07. The van der Waals surface area contributed by atoms with Gasteiger partial charge < -0.3 is 20.1 Å². The van der Waals surface area contributed by atoms with E-state index in [0.29, 0.717) is 17.0 Å². The van der Waals surface area contributed by atoms with Crippen LogP contribution in [0.1, 0.15) is 34.6 Å². The molecule has 2 atom stereocenters. The largest absolute Gasteiger partial charge is 0.491 e. The molecule has 0 bridgehead atoms. The summed E-state index contributed by atoms with van der Waals surface area (Å²) in [5.41, 5.74) is 0.920. The van der Waals surface area contributed by atoms with Crippen LogP contribution in [0.5, 0.6) is 5.75 Å². The average molecular weight is 676 g/mol. The van der Waals surface area contributed by atoms with Gasteiger partial charge >= 0.3 is 12.2 Å². The number of aliphatic hydroxyl groups is 1. The van der Waals surface area contributed by atoms with Crippen LogP contribution in [0.2, 0.25) is 0 Å². The van der Waals surface area contributed by atoms with E-state index < -0.39 is 35.8 Å². The topological polar surface area (TPSA) is 108 Å². The zero-order valence-corrected chi connectivity index (χ0v) is 23.5. The van der Waals surface area contributed by atoms with Crippen molar-refractivity contribution >= 4 is 34.5 Å². The molecular weight excluding hydrogens is 652 g/mol. The summed E-state index contributed by atoms with van der Waals surface area (Å²) in [4.78, 5) is 35.4. The Kier molecular flexibility index (Phi) is 8.31. The first-order valence-electron chi connectivity index (χ1n) is 12.6. The van der Waals surface area contributed by atoms with Gasteiger partial charge in [0.05, 0.1) is 24.1 Å². The Morgan fingerprint density at radius 1 is 1.02 bits per heavy atom. The molecule has 1 aliphatic heterocycles. The SMILES string of the molecule is O=C1NC(c2ccc(OCCO)cc2)C(=O)N1[C@@H](Cc1ccccc1C(F)(F)F)c1ncc(-c2ccc(I)cc2)[nH]1. The van der Waals surface area contributed by atoms with Gasteiger partial charge in [-0.3, -0.25) is 9.69 Å². The van der Waals surface area contributed by atoms with Crippen molar-refractivity contribution in [2.75, 3.05) is 13.2 Å². The second-order valence-corrected chi connectivity index (χ2v) is 10.5. The van der Waals surface area contributed by atoms with Gasteiger partial charge in [0.25, 0.3) is 5.91 Å². The number of hydrogen-bond donors (Lipinski definition) is 3. The van der Waals surface area contributed by atoms with Gasteiger partial charge in [0, 0.05) is 9.99 Å². The van der Waals surface area contributed by atoms with Crippen LogP contribution in [-0.4, -0.2) is 45.1 Å². The lowest BCUT2D eigenvalue weighted by molar-refractivity contribution is -0.138. The molecule has 1 unspecified atom stereocenters. The summed E-state index contributed by atoms with van der Waals surface area (Å²) < 4.78 is 48.0. The van der Waals surface area contributed by atoms with Gasteiger partial charge in [-0.05, 0) is 69.6 Å². The van der Waals surface area contributed by atoms with Crippen LogP contribution in [0.3, 0.4) is 0 Å². The first-order valence-corrected chi connectivity index (χ1v) is 13.7. The second-order valence-electron chi connectivity index (χ2n) is 9.30. The number of imidazole rings is 1. The van der Waals surface area contributed by atoms with Crippen LogP contribution in [0.4, 0.5) is 18.0 Å². The summed E-state index contributed by atoms with van der Waals surface area (Å²) in [7, 11) is 0. The van der Waals surface area contributed by atoms with Crippen molar-refractivity contribution in [1.29, 1.82) is 0 Å². The van der Waals surface area contributed by atoms with Gasteiger partial charge in [0.15, 0.2) is 0 Å². The Morgan fingerprint density at radius 2 is 1.73 bits per heavy atom. The van der Waals surface area contributed by atoms with Crippen LogP contribution < -0.4 is 10.1 Å². The number of nitrogens with one attached hydrogen (secondary N) is 2. The Morgan fingerprint density at radius 3 is 2.41 bits per heavy atom. The molecule has 12 heteroatoms. The minimum Gasteiger partial charge on any atom is -0.491 e. The van der Waals surface area contributed by atoms with Crippen LogP contribution in [-0.2, 0) is 17.4 Å². The molecule has 1 aliphatic rings. The van der Waals surface area contributed by atoms with E-state index in [0.717, 1.165) is 20.1 Å². The summed E-state index contributed by atoms with van der Waals surface area (Å²) >= 11 is 2.17. The minimum absolute atomic E-state index is 0.0772. The van der Waals surface area contributed by atoms with Crippen LogP contribution in [0, 0.1) is 3.57 Å². The molecule has 0 radical (unpaired) electrons. The number of carbonyl (C=O) groups excluding carboxylic acids is 2. The number of alkyl halides is 3. The molecule has 0 spiro atoms. The molecular formula is C29H24F3IN4O4. The predicted octanol–water partition coefficient (Wildman–Crippen LogP) is 5.65. The zero-order valence-electron chi connectivity index (χ0n) is 21.4. The molecule has 0 aliphatic carbocycles. The number of aliphatic hydroxyl groups excluding tert-OH is 1. The smallest absolute Gasteiger partial charge is 0.416 e. The summed E-state index contributed by atoms with van der Waals surface area (Å²) in [5, 5.41) is 11.6. The molecule has 1 saturated heterocycles. The maximum atomic E-state index is 13.9. The van der Waals surface area contributed by atoms with Crippen molar-refractivity contribution in [2.45, 2.75) is 24.7 Å². The molecule has 3 amide bonds. The summed E-state index contributed by atoms with van der Waals surface area (Å²) in [6, 6.07) is 16.1. The zero-order chi connectivity index (χ0) is 29.1. The lowest BCUT2D eigenvalue weighted by Crippen LogP contribution is -2.37. The van der Waals surface area contributed by atoms with E-state index in [9.17, 15) is 22.8 Å². The monoisotopic (exact) mass is 676 g/mol. The Hall–Kier alpha value is -3.91. The number of H-pyrrole nitrogens is 1. The number of amides is 3. The third-order valence-electron chi connectivity index (χ3n) is 6.66. The summed E-state index contributed by atoms with van der Waals surface area (Å²) in [6.45, 7) is -0.0640. The van der Waals surface area contributed by atoms with E-state index in [1.165, 1.54) is 24.4 Å². The number of rotatable bonds is 9. The normalized spacial score (nSPS) is 16.1. The van der Waals surface area contributed by atoms with E-state index in [2.05, 4.69) is 37.9 Å². The van der Waals surface area contributed by atoms with Crippen LogP contribution >= 0.6 is 22.6 Å². The van der Waals surface area contributed by atoms with Gasteiger partial charge in [-0.1, -0.05) is 42.5 Å². The molecule has 1 aromatic heterocycles. The minimum atomic E-state index is -4.63. The number of aromatic nitrogens is 2. The Balaban J connectivity index is 1.51. The van der Waals surface area contributed by atoms with E-state index >= 15 is 0 Å². The predicted molar refractivity (Wildman–Crippen MR) is 152 cm³/mol. The number of hydrogen-bond acceptors (Lipinski definition) is 5. The number of carbonyl (C=O) groups is 2. The van der Waals surface area contributed by atoms with Crippen molar-refractivity contribution in [1.82, 2.24) is 20.2 Å². The molecule has 2 heterocycles. The molecule has 4 aromatic rings. The van der Waals surface area contributed by atoms with E-state index in [-0.39, 0.29) is 31.0 Å². The maximum absolute atomic E-state index is 13.9. The number of nitrogens with zero attached hydrogens (tertiary/aromatic N) is 2. The highest BCUT2D eigenvalue weighted by Crippen LogP contribution is 2.37. The number of halogens is 4. The molecule has 1 fully saturated rings. The van der Waals surface area contributed by atoms with Crippen molar-refractivity contribution in [3.63, 3.8) is 0 Å².